The van der Waals surface area contributed by atoms with E-state index < -0.39 is 0 Å². The van der Waals surface area contributed by atoms with Crippen molar-refractivity contribution in [2.24, 2.45) is 0 Å². The Morgan fingerprint density at radius 1 is 1.32 bits per heavy atom. The number of hydrogen-bond acceptors (Lipinski definition) is 3. The quantitative estimate of drug-likeness (QED) is 0.819. The summed E-state index contributed by atoms with van der Waals surface area (Å²) in [5.41, 5.74) is 0.933. The zero-order valence-corrected chi connectivity index (χ0v) is 12.2. The maximum Gasteiger partial charge on any atom is 0.243 e. The number of nitrogens with one attached hydrogen (secondary N) is 1. The van der Waals surface area contributed by atoms with Gasteiger partial charge >= 0.3 is 0 Å². The summed E-state index contributed by atoms with van der Waals surface area (Å²) in [6.07, 6.45) is 0. The van der Waals surface area contributed by atoms with Crippen molar-refractivity contribution in [3.05, 3.63) is 30.3 Å². The van der Waals surface area contributed by atoms with Gasteiger partial charge in [0.1, 0.15) is 0 Å². The van der Waals surface area contributed by atoms with Gasteiger partial charge in [0.15, 0.2) is 0 Å². The molecule has 19 heavy (non-hydrogen) atoms. The van der Waals surface area contributed by atoms with Gasteiger partial charge in [0.2, 0.25) is 5.91 Å². The number of anilines is 1. The molecule has 0 fully saturated rings. The summed E-state index contributed by atoms with van der Waals surface area (Å²) in [7, 11) is 1.66. The van der Waals surface area contributed by atoms with Crippen LogP contribution >= 0.6 is 0 Å². The Hall–Kier alpha value is -1.39. The molecular formula is C15H24N2O2. The maximum atomic E-state index is 12.4. The summed E-state index contributed by atoms with van der Waals surface area (Å²) < 4.78 is 5.07. The largest absolute Gasteiger partial charge is 0.383 e. The summed E-state index contributed by atoms with van der Waals surface area (Å²) >= 11 is 0. The van der Waals surface area contributed by atoms with Gasteiger partial charge in [0.25, 0.3) is 0 Å². The highest BCUT2D eigenvalue weighted by Gasteiger charge is 2.21. The number of hydrogen-bond donors (Lipinski definition) is 1. The number of methoxy groups -OCH3 is 1. The average molecular weight is 264 g/mol. The molecule has 0 heterocycles. The lowest BCUT2D eigenvalue weighted by Crippen LogP contribution is -2.48. The number of benzene rings is 1. The highest BCUT2D eigenvalue weighted by molar-refractivity contribution is 5.96. The first-order chi connectivity index (χ1) is 9.10. The minimum atomic E-state index is -0.231. The molecule has 0 aliphatic rings. The first-order valence-electron chi connectivity index (χ1n) is 6.71. The minimum Gasteiger partial charge on any atom is -0.383 e. The molecule has 1 rings (SSSR count). The number of likely N-dealkylation sites (N-methyl/N-ethyl adjacent to an activating group) is 1. The highest BCUT2D eigenvalue weighted by Crippen LogP contribution is 2.14. The van der Waals surface area contributed by atoms with Crippen LogP contribution in [-0.4, -0.2) is 38.3 Å². The molecule has 1 amide bonds. The Morgan fingerprint density at radius 3 is 2.47 bits per heavy atom. The van der Waals surface area contributed by atoms with Gasteiger partial charge in [-0.3, -0.25) is 4.79 Å². The van der Waals surface area contributed by atoms with Gasteiger partial charge in [-0.25, -0.2) is 0 Å². The zero-order valence-electron chi connectivity index (χ0n) is 12.2. The van der Waals surface area contributed by atoms with Crippen LogP contribution in [0.3, 0.4) is 0 Å². The molecule has 106 valence electrons. The van der Waals surface area contributed by atoms with Crippen molar-refractivity contribution >= 4 is 11.6 Å². The molecule has 0 saturated carbocycles. The molecule has 0 aliphatic carbocycles. The molecule has 4 nitrogen and oxygen atoms in total. The second kappa shape index (κ2) is 7.92. The van der Waals surface area contributed by atoms with Gasteiger partial charge in [0, 0.05) is 25.4 Å². The Labute approximate surface area is 115 Å². The number of ether oxygens (including phenoxy) is 1. The van der Waals surface area contributed by atoms with Gasteiger partial charge in [-0.2, -0.15) is 0 Å². The normalized spacial score (nSPS) is 13.9. The third-order valence-electron chi connectivity index (χ3n) is 2.97. The molecule has 1 aromatic rings. The van der Waals surface area contributed by atoms with E-state index in [1.807, 2.05) is 51.1 Å². The van der Waals surface area contributed by atoms with E-state index in [0.29, 0.717) is 13.2 Å². The predicted octanol–water partition coefficient (Wildman–Crippen LogP) is 2.05. The van der Waals surface area contributed by atoms with Crippen LogP contribution in [0, 0.1) is 0 Å². The van der Waals surface area contributed by atoms with Crippen molar-refractivity contribution in [1.82, 2.24) is 5.32 Å². The lowest BCUT2D eigenvalue weighted by Gasteiger charge is -2.26. The van der Waals surface area contributed by atoms with Crippen LogP contribution in [0.25, 0.3) is 0 Å². The molecule has 2 atom stereocenters. The van der Waals surface area contributed by atoms with Crippen LogP contribution < -0.4 is 10.2 Å². The molecule has 0 aliphatic heterocycles. The molecule has 0 radical (unpaired) electrons. The fourth-order valence-electron chi connectivity index (χ4n) is 2.10. The van der Waals surface area contributed by atoms with Crippen LogP contribution in [0.15, 0.2) is 30.3 Å². The number of para-hydroxylation sites is 1. The van der Waals surface area contributed by atoms with Gasteiger partial charge in [-0.1, -0.05) is 18.2 Å². The standard InChI is InChI=1S/C15H24N2O2/c1-5-17(14-9-7-6-8-10-14)15(18)13(3)16-12(2)11-19-4/h6-10,12-13,16H,5,11H2,1-4H3/t12-,13+/m1/s1. The maximum absolute atomic E-state index is 12.4. The smallest absolute Gasteiger partial charge is 0.243 e. The van der Waals surface area contributed by atoms with Gasteiger partial charge in [-0.15, -0.1) is 0 Å². The van der Waals surface area contributed by atoms with Gasteiger partial charge in [-0.05, 0) is 32.9 Å². The summed E-state index contributed by atoms with van der Waals surface area (Å²) in [4.78, 5) is 14.2. The van der Waals surface area contributed by atoms with E-state index >= 15 is 0 Å². The average Bonchev–Trinajstić information content (AvgIpc) is 2.40. The summed E-state index contributed by atoms with van der Waals surface area (Å²) in [5, 5.41) is 3.25. The number of carbonyl (C=O) groups excluding carboxylic acids is 1. The predicted molar refractivity (Wildman–Crippen MR) is 78.4 cm³/mol. The zero-order chi connectivity index (χ0) is 14.3. The third-order valence-corrected chi connectivity index (χ3v) is 2.97. The number of amides is 1. The van der Waals surface area contributed by atoms with Crippen LogP contribution in [0.5, 0.6) is 0 Å². The van der Waals surface area contributed by atoms with E-state index in [1.54, 1.807) is 12.0 Å². The Balaban J connectivity index is 2.68. The van der Waals surface area contributed by atoms with E-state index in [9.17, 15) is 4.79 Å². The highest BCUT2D eigenvalue weighted by atomic mass is 16.5. The van der Waals surface area contributed by atoms with Crippen LogP contribution in [0.1, 0.15) is 20.8 Å². The monoisotopic (exact) mass is 264 g/mol. The first kappa shape index (κ1) is 15.7. The van der Waals surface area contributed by atoms with E-state index in [1.165, 1.54) is 0 Å². The molecule has 4 heteroatoms. The molecule has 0 spiro atoms. The molecule has 0 aromatic heterocycles. The lowest BCUT2D eigenvalue weighted by atomic mass is 10.2. The van der Waals surface area contributed by atoms with Crippen molar-refractivity contribution in [3.63, 3.8) is 0 Å². The lowest BCUT2D eigenvalue weighted by molar-refractivity contribution is -0.120. The van der Waals surface area contributed by atoms with E-state index in [4.69, 9.17) is 4.74 Å². The van der Waals surface area contributed by atoms with Crippen LogP contribution in [0.2, 0.25) is 0 Å². The summed E-state index contributed by atoms with van der Waals surface area (Å²) in [6.45, 7) is 7.13. The summed E-state index contributed by atoms with van der Waals surface area (Å²) in [5.74, 6) is 0.0802. The fraction of sp³-hybridized carbons (Fsp3) is 0.533. The Kier molecular flexibility index (Phi) is 6.53. The number of nitrogens with zero attached hydrogens (tertiary/aromatic N) is 1. The molecule has 0 bridgehead atoms. The van der Waals surface area contributed by atoms with Gasteiger partial charge < -0.3 is 15.0 Å². The molecule has 1 aromatic carbocycles. The van der Waals surface area contributed by atoms with Gasteiger partial charge in [0.05, 0.1) is 12.6 Å². The van der Waals surface area contributed by atoms with E-state index in [2.05, 4.69) is 5.32 Å². The second-order valence-corrected chi connectivity index (χ2v) is 4.66. The molecular weight excluding hydrogens is 240 g/mol. The van der Waals surface area contributed by atoms with Crippen molar-refractivity contribution in [2.75, 3.05) is 25.2 Å². The SMILES string of the molecule is CCN(C(=O)[C@H](C)N[C@H](C)COC)c1ccccc1. The van der Waals surface area contributed by atoms with Crippen molar-refractivity contribution < 1.29 is 9.53 Å². The first-order valence-corrected chi connectivity index (χ1v) is 6.71. The third kappa shape index (κ3) is 4.65. The van der Waals surface area contributed by atoms with Crippen LogP contribution in [0.4, 0.5) is 5.69 Å². The number of rotatable bonds is 7. The van der Waals surface area contributed by atoms with Crippen molar-refractivity contribution in [3.8, 4) is 0 Å². The topological polar surface area (TPSA) is 41.6 Å². The molecule has 0 unspecified atom stereocenters. The van der Waals surface area contributed by atoms with Crippen LogP contribution in [-0.2, 0) is 9.53 Å². The Bertz CT molecular complexity index is 381. The Morgan fingerprint density at radius 2 is 1.95 bits per heavy atom. The molecule has 1 N–H and O–H groups in total. The fourth-order valence-corrected chi connectivity index (χ4v) is 2.10. The number of carbonyl (C=O) groups is 1. The second-order valence-electron chi connectivity index (χ2n) is 4.66. The minimum absolute atomic E-state index is 0.0802. The van der Waals surface area contributed by atoms with E-state index in [0.717, 1.165) is 5.69 Å². The van der Waals surface area contributed by atoms with Crippen molar-refractivity contribution in [2.45, 2.75) is 32.9 Å². The summed E-state index contributed by atoms with van der Waals surface area (Å²) in [6, 6.07) is 9.65. The molecule has 0 saturated heterocycles. The van der Waals surface area contributed by atoms with Crippen molar-refractivity contribution in [1.29, 1.82) is 0 Å². The van der Waals surface area contributed by atoms with E-state index in [-0.39, 0.29) is 18.0 Å².